The third kappa shape index (κ3) is 4.81. The highest BCUT2D eigenvalue weighted by atomic mass is 79.9. The molecule has 1 amide bonds. The number of thioether (sulfide) groups is 1. The molecule has 0 radical (unpaired) electrons. The second kappa shape index (κ2) is 10.4. The minimum Gasteiger partial charge on any atom is -0.317 e. The van der Waals surface area contributed by atoms with Gasteiger partial charge in [-0.1, -0.05) is 50.7 Å². The molecule has 1 aromatic heterocycles. The molecular formula is C28H34BrN3OS. The van der Waals surface area contributed by atoms with Crippen LogP contribution in [0.4, 0.5) is 0 Å². The number of amidine groups is 1. The second-order valence-corrected chi connectivity index (χ2v) is 11.8. The Morgan fingerprint density at radius 3 is 2.38 bits per heavy atom. The lowest BCUT2D eigenvalue weighted by atomic mass is 9.94. The molecule has 0 spiro atoms. The normalized spacial score (nSPS) is 22.9. The number of rotatable bonds is 4. The number of hydrogen-bond acceptors (Lipinski definition) is 3. The van der Waals surface area contributed by atoms with E-state index in [1.54, 1.807) is 11.8 Å². The van der Waals surface area contributed by atoms with Crippen molar-refractivity contribution >= 4 is 44.8 Å². The lowest BCUT2D eigenvalue weighted by Crippen LogP contribution is -2.41. The maximum Gasteiger partial charge on any atom is 0.267 e. The van der Waals surface area contributed by atoms with Gasteiger partial charge in [-0.05, 0) is 97.1 Å². The Hall–Kier alpha value is -1.79. The molecule has 1 aromatic carbocycles. The number of hydrogen-bond donors (Lipinski definition) is 0. The van der Waals surface area contributed by atoms with Crippen molar-refractivity contribution in [3.63, 3.8) is 0 Å². The highest BCUT2D eigenvalue weighted by Crippen LogP contribution is 2.39. The summed E-state index contributed by atoms with van der Waals surface area (Å²) in [5.74, 6) is 0.150. The van der Waals surface area contributed by atoms with Gasteiger partial charge in [0.1, 0.15) is 0 Å². The zero-order valence-corrected chi connectivity index (χ0v) is 22.6. The van der Waals surface area contributed by atoms with Crippen LogP contribution in [0.15, 0.2) is 44.7 Å². The van der Waals surface area contributed by atoms with Gasteiger partial charge >= 0.3 is 0 Å². The zero-order valence-electron chi connectivity index (χ0n) is 20.2. The fourth-order valence-corrected chi connectivity index (χ4v) is 7.25. The predicted octanol–water partition coefficient (Wildman–Crippen LogP) is 7.79. The number of halogens is 1. The molecule has 0 unspecified atom stereocenters. The van der Waals surface area contributed by atoms with E-state index in [-0.39, 0.29) is 5.91 Å². The molecule has 1 aliphatic heterocycles. The van der Waals surface area contributed by atoms with E-state index in [4.69, 9.17) is 4.99 Å². The van der Waals surface area contributed by atoms with Gasteiger partial charge in [0.2, 0.25) is 0 Å². The van der Waals surface area contributed by atoms with Crippen LogP contribution in [0.25, 0.3) is 11.8 Å². The van der Waals surface area contributed by atoms with E-state index in [2.05, 4.69) is 69.6 Å². The van der Waals surface area contributed by atoms with Gasteiger partial charge in [-0.3, -0.25) is 14.7 Å². The SMILES string of the molecule is Cc1cc(C=C2SC(=NC3CCCCC3)N(C3CCCCC3)C2=O)c(C)n1-c1ccccc1Br. The third-order valence-electron chi connectivity index (χ3n) is 7.49. The summed E-state index contributed by atoms with van der Waals surface area (Å²) in [7, 11) is 0. The molecule has 4 nitrogen and oxygen atoms in total. The standard InChI is InChI=1S/C28H34BrN3OS/c1-19-17-21(20(2)31(19)25-16-10-9-15-24(25)29)18-26-27(33)32(23-13-7-4-8-14-23)28(34-26)30-22-11-5-3-6-12-22/h9-10,15-18,22-23H,3-8,11-14H2,1-2H3. The second-order valence-electron chi connectivity index (χ2n) is 9.89. The van der Waals surface area contributed by atoms with Crippen molar-refractivity contribution in [1.29, 1.82) is 0 Å². The Kier molecular flexibility index (Phi) is 7.35. The smallest absolute Gasteiger partial charge is 0.267 e. The van der Waals surface area contributed by atoms with Gasteiger partial charge in [-0.2, -0.15) is 0 Å². The summed E-state index contributed by atoms with van der Waals surface area (Å²) in [6, 6.07) is 11.1. The molecule has 0 atom stereocenters. The summed E-state index contributed by atoms with van der Waals surface area (Å²) >= 11 is 5.30. The summed E-state index contributed by atoms with van der Waals surface area (Å²) in [4.78, 5) is 21.8. The van der Waals surface area contributed by atoms with Crippen molar-refractivity contribution in [2.45, 2.75) is 90.1 Å². The predicted molar refractivity (Wildman–Crippen MR) is 147 cm³/mol. The average molecular weight is 541 g/mol. The lowest BCUT2D eigenvalue weighted by molar-refractivity contribution is -0.124. The fraction of sp³-hybridized carbons (Fsp3) is 0.500. The molecule has 0 N–H and O–H groups in total. The van der Waals surface area contributed by atoms with E-state index >= 15 is 0 Å². The van der Waals surface area contributed by atoms with Crippen molar-refractivity contribution < 1.29 is 4.79 Å². The molecule has 2 aliphatic carbocycles. The van der Waals surface area contributed by atoms with Crippen LogP contribution < -0.4 is 0 Å². The van der Waals surface area contributed by atoms with Crippen LogP contribution in [0.2, 0.25) is 0 Å². The Labute approximate surface area is 216 Å². The van der Waals surface area contributed by atoms with E-state index in [0.717, 1.165) is 62.9 Å². The average Bonchev–Trinajstić information content (AvgIpc) is 3.30. The largest absolute Gasteiger partial charge is 0.317 e. The van der Waals surface area contributed by atoms with E-state index in [1.807, 2.05) is 6.07 Å². The number of amides is 1. The maximum absolute atomic E-state index is 13.7. The van der Waals surface area contributed by atoms with Gasteiger partial charge in [-0.25, -0.2) is 0 Å². The monoisotopic (exact) mass is 539 g/mol. The summed E-state index contributed by atoms with van der Waals surface area (Å²) in [5, 5.41) is 0.953. The van der Waals surface area contributed by atoms with Crippen LogP contribution in [0, 0.1) is 13.8 Å². The van der Waals surface area contributed by atoms with Crippen molar-refractivity contribution in [1.82, 2.24) is 9.47 Å². The van der Waals surface area contributed by atoms with E-state index in [0.29, 0.717) is 12.1 Å². The van der Waals surface area contributed by atoms with Crippen molar-refractivity contribution in [3.05, 3.63) is 56.7 Å². The van der Waals surface area contributed by atoms with Crippen molar-refractivity contribution in [2.24, 2.45) is 4.99 Å². The highest BCUT2D eigenvalue weighted by molar-refractivity contribution is 9.10. The molecule has 5 rings (SSSR count). The van der Waals surface area contributed by atoms with Crippen molar-refractivity contribution in [2.75, 3.05) is 0 Å². The van der Waals surface area contributed by atoms with Crippen LogP contribution in [0.3, 0.4) is 0 Å². The minimum absolute atomic E-state index is 0.150. The fourth-order valence-electron chi connectivity index (χ4n) is 5.68. The van der Waals surface area contributed by atoms with Gasteiger partial charge in [0.05, 0.1) is 16.6 Å². The van der Waals surface area contributed by atoms with Crippen LogP contribution in [0.1, 0.15) is 81.2 Å². The third-order valence-corrected chi connectivity index (χ3v) is 9.16. The molecule has 0 bridgehead atoms. The first-order valence-electron chi connectivity index (χ1n) is 12.8. The first-order chi connectivity index (χ1) is 16.5. The molecule has 2 heterocycles. The number of benzene rings is 1. The van der Waals surface area contributed by atoms with Crippen molar-refractivity contribution in [3.8, 4) is 5.69 Å². The molecule has 34 heavy (non-hydrogen) atoms. The molecule has 6 heteroatoms. The van der Waals surface area contributed by atoms with Crippen LogP contribution in [0.5, 0.6) is 0 Å². The van der Waals surface area contributed by atoms with Gasteiger partial charge in [0.15, 0.2) is 5.17 Å². The topological polar surface area (TPSA) is 37.6 Å². The first kappa shape index (κ1) is 23.9. The van der Waals surface area contributed by atoms with Crippen LogP contribution >= 0.6 is 27.7 Å². The maximum atomic E-state index is 13.7. The van der Waals surface area contributed by atoms with Gasteiger partial charge in [0.25, 0.3) is 5.91 Å². The minimum atomic E-state index is 0.150. The number of aromatic nitrogens is 1. The molecule has 2 aromatic rings. The van der Waals surface area contributed by atoms with Gasteiger partial charge < -0.3 is 4.57 Å². The Morgan fingerprint density at radius 2 is 1.68 bits per heavy atom. The van der Waals surface area contributed by atoms with Crippen LogP contribution in [-0.4, -0.2) is 32.6 Å². The summed E-state index contributed by atoms with van der Waals surface area (Å²) < 4.78 is 3.32. The van der Waals surface area contributed by atoms with Gasteiger partial charge in [0, 0.05) is 21.9 Å². The Balaban J connectivity index is 1.49. The summed E-state index contributed by atoms with van der Waals surface area (Å²) in [6.45, 7) is 4.27. The molecular weight excluding hydrogens is 506 g/mol. The first-order valence-corrected chi connectivity index (χ1v) is 14.4. The molecule has 2 saturated carbocycles. The molecule has 3 fully saturated rings. The summed E-state index contributed by atoms with van der Waals surface area (Å²) in [5.41, 5.74) is 4.53. The Morgan fingerprint density at radius 1 is 1.00 bits per heavy atom. The molecule has 3 aliphatic rings. The van der Waals surface area contributed by atoms with E-state index < -0.39 is 0 Å². The number of aryl methyl sites for hydroxylation is 1. The quantitative estimate of drug-likeness (QED) is 0.371. The number of nitrogens with zero attached hydrogens (tertiary/aromatic N) is 3. The molecule has 180 valence electrons. The number of para-hydroxylation sites is 1. The number of aliphatic imine (C=N–C) groups is 1. The highest BCUT2D eigenvalue weighted by Gasteiger charge is 2.39. The number of carbonyl (C=O) groups excluding carboxylic acids is 1. The lowest BCUT2D eigenvalue weighted by Gasteiger charge is -2.31. The van der Waals surface area contributed by atoms with Gasteiger partial charge in [-0.15, -0.1) is 0 Å². The Bertz CT molecular complexity index is 1120. The van der Waals surface area contributed by atoms with E-state index in [9.17, 15) is 4.79 Å². The zero-order chi connectivity index (χ0) is 23.7. The number of carbonyl (C=O) groups is 1. The summed E-state index contributed by atoms with van der Waals surface area (Å²) in [6.07, 6.45) is 14.1. The van der Waals surface area contributed by atoms with Crippen LogP contribution in [-0.2, 0) is 4.79 Å². The van der Waals surface area contributed by atoms with E-state index in [1.165, 1.54) is 38.5 Å². The molecule has 1 saturated heterocycles.